The van der Waals surface area contributed by atoms with Gasteiger partial charge in [-0.05, 0) is 31.9 Å². The van der Waals surface area contributed by atoms with Gasteiger partial charge in [0.1, 0.15) is 6.61 Å². The Kier molecular flexibility index (Phi) is 11.5. The zero-order chi connectivity index (χ0) is 17.0. The van der Waals surface area contributed by atoms with Crippen molar-refractivity contribution in [2.45, 2.75) is 36.5 Å². The normalized spacial score (nSPS) is 12.0. The number of hydrogen-bond acceptors (Lipinski definition) is 3. The highest BCUT2D eigenvalue weighted by Crippen LogP contribution is 2.25. The van der Waals surface area contributed by atoms with E-state index in [1.165, 1.54) is 12.0 Å². The first kappa shape index (κ1) is 21.3. The Morgan fingerprint density at radius 1 is 1.32 bits per heavy atom. The molecule has 1 amide bonds. The first-order valence-corrected chi connectivity index (χ1v) is 8.14. The van der Waals surface area contributed by atoms with Gasteiger partial charge in [0.2, 0.25) is 3.79 Å². The first-order chi connectivity index (χ1) is 10.2. The number of carbonyl (C=O) groups is 1. The maximum atomic E-state index is 9.87. The van der Waals surface area contributed by atoms with E-state index in [0.717, 1.165) is 13.0 Å². The zero-order valence-electron chi connectivity index (χ0n) is 12.8. The van der Waals surface area contributed by atoms with Crippen LogP contribution in [-0.4, -0.2) is 29.1 Å². The van der Waals surface area contributed by atoms with Crippen LogP contribution in [-0.2, 0) is 11.2 Å². The minimum atomic E-state index is -1.57. The van der Waals surface area contributed by atoms with Crippen molar-refractivity contribution in [3.05, 3.63) is 35.9 Å². The molecule has 0 bridgehead atoms. The van der Waals surface area contributed by atoms with Gasteiger partial charge in [-0.1, -0.05) is 72.1 Å². The molecule has 0 heterocycles. The largest absolute Gasteiger partial charge is 0.445 e. The third kappa shape index (κ3) is 14.3. The molecule has 0 fully saturated rings. The van der Waals surface area contributed by atoms with Crippen molar-refractivity contribution in [3.63, 3.8) is 0 Å². The molecule has 22 heavy (non-hydrogen) atoms. The number of alkyl halides is 3. The highest BCUT2D eigenvalue weighted by molar-refractivity contribution is 6.67. The van der Waals surface area contributed by atoms with Crippen LogP contribution in [0.3, 0.4) is 0 Å². The van der Waals surface area contributed by atoms with Gasteiger partial charge >= 0.3 is 6.09 Å². The average Bonchev–Trinajstić information content (AvgIpc) is 2.44. The summed E-state index contributed by atoms with van der Waals surface area (Å²) in [5, 5.41) is 3.48. The standard InChI is InChI=1S/C12H19N.C3H4Cl3NO2/c1-3-9-13-11(2)10-12-7-5-4-6-8-12;4-3(5,6)1-9-2(7)8/h4-8,11,13H,3,9-10H2,1-2H3;1H2,(H2,7,8). The molecule has 0 spiro atoms. The Bertz CT molecular complexity index is 411. The predicted octanol–water partition coefficient (Wildman–Crippen LogP) is 4.07. The molecule has 7 heteroatoms. The van der Waals surface area contributed by atoms with E-state index in [9.17, 15) is 4.79 Å². The van der Waals surface area contributed by atoms with E-state index in [4.69, 9.17) is 34.8 Å². The van der Waals surface area contributed by atoms with E-state index >= 15 is 0 Å². The van der Waals surface area contributed by atoms with E-state index in [2.05, 4.69) is 60.0 Å². The summed E-state index contributed by atoms with van der Waals surface area (Å²) in [5.41, 5.74) is 5.98. The third-order valence-corrected chi connectivity index (χ3v) is 2.83. The highest BCUT2D eigenvalue weighted by Gasteiger charge is 2.21. The number of nitrogens with two attached hydrogens (primary N) is 1. The number of benzene rings is 1. The van der Waals surface area contributed by atoms with Gasteiger partial charge < -0.3 is 15.8 Å². The van der Waals surface area contributed by atoms with Crippen molar-refractivity contribution < 1.29 is 9.53 Å². The van der Waals surface area contributed by atoms with E-state index in [0.29, 0.717) is 6.04 Å². The second-order valence-electron chi connectivity index (χ2n) is 4.77. The van der Waals surface area contributed by atoms with Crippen LogP contribution in [0.1, 0.15) is 25.8 Å². The van der Waals surface area contributed by atoms with Gasteiger partial charge in [-0.2, -0.15) is 0 Å². The number of ether oxygens (including phenoxy) is 1. The van der Waals surface area contributed by atoms with Crippen LogP contribution in [0.15, 0.2) is 30.3 Å². The lowest BCUT2D eigenvalue weighted by atomic mass is 10.1. The van der Waals surface area contributed by atoms with Crippen molar-refractivity contribution in [1.29, 1.82) is 0 Å². The van der Waals surface area contributed by atoms with Crippen molar-refractivity contribution in [2.75, 3.05) is 13.2 Å². The van der Waals surface area contributed by atoms with Crippen LogP contribution in [0.5, 0.6) is 0 Å². The number of carbonyl (C=O) groups excluding carboxylic acids is 1. The van der Waals surface area contributed by atoms with Crippen molar-refractivity contribution >= 4 is 40.9 Å². The number of nitrogens with one attached hydrogen (secondary N) is 1. The molecule has 0 radical (unpaired) electrons. The summed E-state index contributed by atoms with van der Waals surface area (Å²) in [6, 6.07) is 11.2. The second kappa shape index (κ2) is 11.8. The lowest BCUT2D eigenvalue weighted by molar-refractivity contribution is 0.159. The van der Waals surface area contributed by atoms with E-state index in [1.54, 1.807) is 0 Å². The highest BCUT2D eigenvalue weighted by atomic mass is 35.6. The summed E-state index contributed by atoms with van der Waals surface area (Å²) in [6.07, 6.45) is 1.38. The fourth-order valence-electron chi connectivity index (χ4n) is 1.58. The maximum Gasteiger partial charge on any atom is 0.404 e. The fraction of sp³-hybridized carbons (Fsp3) is 0.533. The molecule has 0 aliphatic rings. The number of rotatable bonds is 6. The molecule has 126 valence electrons. The van der Waals surface area contributed by atoms with Crippen LogP contribution in [0.25, 0.3) is 0 Å². The Morgan fingerprint density at radius 2 is 1.91 bits per heavy atom. The van der Waals surface area contributed by atoms with Crippen LogP contribution in [0, 0.1) is 0 Å². The van der Waals surface area contributed by atoms with Crippen LogP contribution in [0.4, 0.5) is 4.79 Å². The first-order valence-electron chi connectivity index (χ1n) is 7.01. The molecule has 1 atom stereocenters. The van der Waals surface area contributed by atoms with E-state index in [1.807, 2.05) is 0 Å². The number of amides is 1. The smallest absolute Gasteiger partial charge is 0.404 e. The number of primary amides is 1. The molecule has 0 saturated carbocycles. The van der Waals surface area contributed by atoms with Gasteiger partial charge in [0, 0.05) is 6.04 Å². The van der Waals surface area contributed by atoms with Gasteiger partial charge in [0.15, 0.2) is 0 Å². The van der Waals surface area contributed by atoms with E-state index in [-0.39, 0.29) is 6.61 Å². The molecule has 0 saturated heterocycles. The Hall–Kier alpha value is -0.680. The van der Waals surface area contributed by atoms with Crippen LogP contribution >= 0.6 is 34.8 Å². The minimum absolute atomic E-state index is 0.326. The SMILES string of the molecule is CCCNC(C)Cc1ccccc1.NC(=O)OCC(Cl)(Cl)Cl. The van der Waals surface area contributed by atoms with Crippen LogP contribution < -0.4 is 11.1 Å². The lowest BCUT2D eigenvalue weighted by Gasteiger charge is -2.12. The zero-order valence-corrected chi connectivity index (χ0v) is 15.1. The third-order valence-electron chi connectivity index (χ3n) is 2.51. The quantitative estimate of drug-likeness (QED) is 0.743. The Balaban J connectivity index is 0.000000433. The Labute approximate surface area is 147 Å². The van der Waals surface area contributed by atoms with Gasteiger partial charge in [0.25, 0.3) is 0 Å². The molecule has 3 N–H and O–H groups in total. The van der Waals surface area contributed by atoms with E-state index < -0.39 is 9.89 Å². The molecule has 0 aliphatic heterocycles. The maximum absolute atomic E-state index is 9.87. The molecule has 1 aromatic carbocycles. The topological polar surface area (TPSA) is 64.3 Å². The van der Waals surface area contributed by atoms with Crippen molar-refractivity contribution in [2.24, 2.45) is 5.73 Å². The van der Waals surface area contributed by atoms with Crippen molar-refractivity contribution in [1.82, 2.24) is 5.32 Å². The average molecular weight is 370 g/mol. The summed E-state index contributed by atoms with van der Waals surface area (Å²) in [5.74, 6) is 0. The molecule has 0 aromatic heterocycles. The van der Waals surface area contributed by atoms with Gasteiger partial charge in [-0.15, -0.1) is 0 Å². The second-order valence-corrected chi connectivity index (χ2v) is 7.28. The predicted molar refractivity (Wildman–Crippen MR) is 93.7 cm³/mol. The van der Waals surface area contributed by atoms with Gasteiger partial charge in [0.05, 0.1) is 0 Å². The molecular weight excluding hydrogens is 347 g/mol. The minimum Gasteiger partial charge on any atom is -0.445 e. The summed E-state index contributed by atoms with van der Waals surface area (Å²) in [6.45, 7) is 5.23. The van der Waals surface area contributed by atoms with Crippen LogP contribution in [0.2, 0.25) is 0 Å². The summed E-state index contributed by atoms with van der Waals surface area (Å²) in [7, 11) is 0. The summed E-state index contributed by atoms with van der Waals surface area (Å²) in [4.78, 5) is 9.87. The summed E-state index contributed by atoms with van der Waals surface area (Å²) >= 11 is 15.5. The van der Waals surface area contributed by atoms with Crippen molar-refractivity contribution in [3.8, 4) is 0 Å². The molecule has 1 aromatic rings. The molecular formula is C15H23Cl3N2O2. The fourth-order valence-corrected chi connectivity index (χ4v) is 1.75. The summed E-state index contributed by atoms with van der Waals surface area (Å²) < 4.78 is 2.57. The lowest BCUT2D eigenvalue weighted by Crippen LogP contribution is -2.28. The molecule has 4 nitrogen and oxygen atoms in total. The van der Waals surface area contributed by atoms with Gasteiger partial charge in [-0.3, -0.25) is 0 Å². The molecule has 1 unspecified atom stereocenters. The number of hydrogen-bond donors (Lipinski definition) is 2. The van der Waals surface area contributed by atoms with Gasteiger partial charge in [-0.25, -0.2) is 4.79 Å². The number of halogens is 3. The molecule has 0 aliphatic carbocycles. The molecule has 1 rings (SSSR count). The monoisotopic (exact) mass is 368 g/mol. The Morgan fingerprint density at radius 3 is 2.32 bits per heavy atom.